The minimum atomic E-state index is -0.609. The van der Waals surface area contributed by atoms with Gasteiger partial charge < -0.3 is 29.6 Å². The van der Waals surface area contributed by atoms with Crippen LogP contribution in [0.4, 0.5) is 5.69 Å². The summed E-state index contributed by atoms with van der Waals surface area (Å²) in [6, 6.07) is 8.50. The number of hydrogen-bond acceptors (Lipinski definition) is 8. The second kappa shape index (κ2) is 11.9. The Kier molecular flexibility index (Phi) is 8.63. The number of hydrogen-bond donors (Lipinski definition) is 2. The third kappa shape index (κ3) is 6.68. The minimum Gasteiger partial charge on any atom is -0.493 e. The fourth-order valence-corrected chi connectivity index (χ4v) is 4.40. The van der Waals surface area contributed by atoms with E-state index >= 15 is 0 Å². The predicted octanol–water partition coefficient (Wildman–Crippen LogP) is 4.92. The molecule has 1 atom stereocenters. The molecule has 11 heteroatoms. The molecule has 1 saturated heterocycles. The van der Waals surface area contributed by atoms with E-state index in [-0.39, 0.29) is 25.4 Å². The number of fused-ring (bicyclic) bond motifs is 1. The highest BCUT2D eigenvalue weighted by atomic mass is 35.5. The summed E-state index contributed by atoms with van der Waals surface area (Å²) in [5.41, 5.74) is 1.33. The molecule has 0 radical (unpaired) electrons. The molecule has 1 aromatic heterocycles. The van der Waals surface area contributed by atoms with Gasteiger partial charge in [0.2, 0.25) is 0 Å². The van der Waals surface area contributed by atoms with Gasteiger partial charge in [0, 0.05) is 17.6 Å². The number of ether oxygens (including phenoxy) is 4. The highest BCUT2D eigenvalue weighted by molar-refractivity contribution is 6.38. The molecule has 10 nitrogen and oxygen atoms in total. The molecule has 0 aliphatic carbocycles. The van der Waals surface area contributed by atoms with Gasteiger partial charge in [0.25, 0.3) is 5.91 Å². The summed E-state index contributed by atoms with van der Waals surface area (Å²) in [4.78, 5) is 24.7. The lowest BCUT2D eigenvalue weighted by molar-refractivity contribution is -0.157. The van der Waals surface area contributed by atoms with Gasteiger partial charge >= 0.3 is 5.97 Å². The molecule has 4 rings (SSSR count). The first-order valence-electron chi connectivity index (χ1n) is 12.5. The number of amides is 1. The minimum absolute atomic E-state index is 0.0819. The first-order chi connectivity index (χ1) is 18.2. The highest BCUT2D eigenvalue weighted by Crippen LogP contribution is 2.34. The van der Waals surface area contributed by atoms with Crippen LogP contribution in [0.5, 0.6) is 11.5 Å². The molecule has 204 valence electrons. The molecule has 0 spiro atoms. The zero-order chi connectivity index (χ0) is 27.3. The van der Waals surface area contributed by atoms with Crippen molar-refractivity contribution < 1.29 is 28.5 Å². The summed E-state index contributed by atoms with van der Waals surface area (Å²) in [7, 11) is 1.46. The lowest BCUT2D eigenvalue weighted by atomic mass is 10.2. The third-order valence-electron chi connectivity index (χ3n) is 5.86. The van der Waals surface area contributed by atoms with Crippen LogP contribution in [-0.4, -0.2) is 54.3 Å². The summed E-state index contributed by atoms with van der Waals surface area (Å²) >= 11 is 6.64. The van der Waals surface area contributed by atoms with E-state index in [2.05, 4.69) is 15.7 Å². The molecule has 2 heterocycles. The Morgan fingerprint density at radius 1 is 1.18 bits per heavy atom. The van der Waals surface area contributed by atoms with Gasteiger partial charge in [0.1, 0.15) is 5.60 Å². The summed E-state index contributed by atoms with van der Waals surface area (Å²) in [5.74, 6) is -0.179. The predicted molar refractivity (Wildman–Crippen MR) is 144 cm³/mol. The number of esters is 1. The highest BCUT2D eigenvalue weighted by Gasteiger charge is 2.21. The Morgan fingerprint density at radius 3 is 2.71 bits per heavy atom. The van der Waals surface area contributed by atoms with Gasteiger partial charge in [-0.1, -0.05) is 11.6 Å². The molecule has 1 aliphatic heterocycles. The monoisotopic (exact) mass is 544 g/mol. The van der Waals surface area contributed by atoms with E-state index in [1.807, 2.05) is 16.8 Å². The van der Waals surface area contributed by atoms with Gasteiger partial charge in [-0.05, 0) is 70.4 Å². The van der Waals surface area contributed by atoms with Gasteiger partial charge in [-0.2, -0.15) is 5.10 Å². The van der Waals surface area contributed by atoms with E-state index < -0.39 is 11.6 Å². The number of carbonyl (C=O) groups excluding carboxylic acids is 2. The van der Waals surface area contributed by atoms with Gasteiger partial charge in [0.05, 0.1) is 36.2 Å². The van der Waals surface area contributed by atoms with Crippen molar-refractivity contribution >= 4 is 40.1 Å². The molecular weight excluding hydrogens is 512 g/mol. The van der Waals surface area contributed by atoms with E-state index in [1.54, 1.807) is 45.2 Å². The fourth-order valence-electron chi connectivity index (χ4n) is 4.13. The van der Waals surface area contributed by atoms with Crippen molar-refractivity contribution in [1.29, 1.82) is 0 Å². The SMILES string of the molecule is COc1cc(C(=O)NCNc2ccc3c(cnn3C3CCCCO3)c2Cl)ccc1OCC(=O)OC(C)(C)C. The Bertz CT molecular complexity index is 1300. The quantitative estimate of drug-likeness (QED) is 0.288. The number of carbonyl (C=O) groups is 2. The molecule has 1 fully saturated rings. The number of benzene rings is 2. The van der Waals surface area contributed by atoms with Crippen molar-refractivity contribution in [3.8, 4) is 11.5 Å². The molecule has 3 aromatic rings. The first kappa shape index (κ1) is 27.5. The van der Waals surface area contributed by atoms with Gasteiger partial charge in [-0.25, -0.2) is 9.48 Å². The smallest absolute Gasteiger partial charge is 0.344 e. The molecule has 1 unspecified atom stereocenters. The number of aromatic nitrogens is 2. The Morgan fingerprint density at radius 2 is 2.00 bits per heavy atom. The van der Waals surface area contributed by atoms with Crippen LogP contribution in [0.1, 0.15) is 56.6 Å². The molecule has 0 saturated carbocycles. The van der Waals surface area contributed by atoms with Crippen molar-refractivity contribution in [2.24, 2.45) is 0 Å². The van der Waals surface area contributed by atoms with Crippen molar-refractivity contribution in [2.75, 3.05) is 32.3 Å². The van der Waals surface area contributed by atoms with Crippen molar-refractivity contribution in [3.05, 3.63) is 47.1 Å². The zero-order valence-electron chi connectivity index (χ0n) is 22.0. The maximum atomic E-state index is 12.7. The van der Waals surface area contributed by atoms with Crippen LogP contribution >= 0.6 is 11.6 Å². The van der Waals surface area contributed by atoms with Crippen molar-refractivity contribution in [3.63, 3.8) is 0 Å². The van der Waals surface area contributed by atoms with Gasteiger partial charge in [0.15, 0.2) is 24.3 Å². The van der Waals surface area contributed by atoms with E-state index in [0.717, 1.165) is 36.8 Å². The maximum absolute atomic E-state index is 12.7. The first-order valence-corrected chi connectivity index (χ1v) is 12.9. The Hall–Kier alpha value is -3.50. The van der Waals surface area contributed by atoms with Crippen LogP contribution in [0.2, 0.25) is 5.02 Å². The van der Waals surface area contributed by atoms with Gasteiger partial charge in [-0.15, -0.1) is 0 Å². The fraction of sp³-hybridized carbons (Fsp3) is 0.444. The number of rotatable bonds is 9. The molecule has 1 amide bonds. The number of nitrogens with one attached hydrogen (secondary N) is 2. The van der Waals surface area contributed by atoms with Crippen LogP contribution in [0.15, 0.2) is 36.5 Å². The second-order valence-corrected chi connectivity index (χ2v) is 10.2. The number of halogens is 1. The van der Waals surface area contributed by atoms with E-state index in [9.17, 15) is 9.59 Å². The zero-order valence-corrected chi connectivity index (χ0v) is 22.8. The molecular formula is C27H33ClN4O6. The summed E-state index contributed by atoms with van der Waals surface area (Å²) in [6.07, 6.45) is 4.74. The lowest BCUT2D eigenvalue weighted by Gasteiger charge is -2.23. The van der Waals surface area contributed by atoms with E-state index in [0.29, 0.717) is 27.8 Å². The summed E-state index contributed by atoms with van der Waals surface area (Å²) in [5, 5.41) is 11.8. The summed E-state index contributed by atoms with van der Waals surface area (Å²) < 4.78 is 23.8. The second-order valence-electron chi connectivity index (χ2n) is 9.87. The summed E-state index contributed by atoms with van der Waals surface area (Å²) in [6.45, 7) is 5.93. The number of nitrogens with zero attached hydrogens (tertiary/aromatic N) is 2. The molecule has 0 bridgehead atoms. The van der Waals surface area contributed by atoms with Crippen LogP contribution in [-0.2, 0) is 14.3 Å². The average molecular weight is 545 g/mol. The van der Waals surface area contributed by atoms with Crippen molar-refractivity contribution in [1.82, 2.24) is 15.1 Å². The molecule has 2 aromatic carbocycles. The normalized spacial score (nSPS) is 15.7. The van der Waals surface area contributed by atoms with E-state index in [4.69, 9.17) is 30.5 Å². The van der Waals surface area contributed by atoms with Crippen LogP contribution in [0, 0.1) is 0 Å². The number of anilines is 1. The van der Waals surface area contributed by atoms with Crippen LogP contribution in [0.3, 0.4) is 0 Å². The van der Waals surface area contributed by atoms with Gasteiger partial charge in [-0.3, -0.25) is 4.79 Å². The lowest BCUT2D eigenvalue weighted by Crippen LogP contribution is -2.29. The van der Waals surface area contributed by atoms with Crippen molar-refractivity contribution in [2.45, 2.75) is 51.9 Å². The molecule has 1 aliphatic rings. The largest absolute Gasteiger partial charge is 0.493 e. The molecule has 2 N–H and O–H groups in total. The standard InChI is InChI=1S/C27H33ClN4O6/c1-27(2,3)38-24(33)15-37-21-11-8-17(13-22(21)35-4)26(34)30-16-29-19-9-10-20-18(25(19)28)14-31-32(20)23-7-5-6-12-36-23/h8-11,13-14,23,29H,5-7,12,15-16H2,1-4H3,(H,30,34). The molecule has 38 heavy (non-hydrogen) atoms. The topological polar surface area (TPSA) is 113 Å². The Labute approximate surface area is 226 Å². The Balaban J connectivity index is 1.34. The average Bonchev–Trinajstić information content (AvgIpc) is 3.33. The maximum Gasteiger partial charge on any atom is 0.344 e. The number of methoxy groups -OCH3 is 1. The van der Waals surface area contributed by atoms with E-state index in [1.165, 1.54) is 7.11 Å². The third-order valence-corrected chi connectivity index (χ3v) is 6.27. The van der Waals surface area contributed by atoms with Crippen LogP contribution in [0.25, 0.3) is 10.9 Å². The van der Waals surface area contributed by atoms with Crippen LogP contribution < -0.4 is 20.1 Å².